The molecule has 2 aliphatic heterocycles. The number of carbonyl (C=O) groups is 1. The van der Waals surface area contributed by atoms with Crippen LogP contribution in [0, 0.1) is 0 Å². The maximum Gasteiger partial charge on any atom is 0.416 e. The molecule has 1 aromatic heterocycles. The first-order valence-electron chi connectivity index (χ1n) is 11.8. The first-order chi connectivity index (χ1) is 17.5. The van der Waals surface area contributed by atoms with Gasteiger partial charge in [-0.1, -0.05) is 30.3 Å². The van der Waals surface area contributed by atoms with Crippen molar-refractivity contribution in [1.29, 1.82) is 0 Å². The third-order valence-electron chi connectivity index (χ3n) is 6.60. The van der Waals surface area contributed by atoms with Gasteiger partial charge in [0, 0.05) is 42.7 Å². The standard InChI is InChI=1S/C26H22F6N4O/c27-25(28,29)18-12-17(13-19(14-18)26(30,31)32)24(37)36-11-8-21-20(15-36)23(35-9-4-5-10-35)34-22(33-21)16-6-2-1-3-7-16/h1-3,6-7,12-14H,4-5,8-11,15H2. The van der Waals surface area contributed by atoms with Crippen LogP contribution in [0.3, 0.4) is 0 Å². The van der Waals surface area contributed by atoms with Crippen molar-refractivity contribution in [2.24, 2.45) is 0 Å². The quantitative estimate of drug-likeness (QED) is 0.399. The normalized spacial score (nSPS) is 16.2. The minimum Gasteiger partial charge on any atom is -0.356 e. The Kier molecular flexibility index (Phi) is 6.33. The van der Waals surface area contributed by atoms with Crippen molar-refractivity contribution in [3.05, 3.63) is 76.5 Å². The summed E-state index contributed by atoms with van der Waals surface area (Å²) in [5.74, 6) is 0.286. The Morgan fingerprint density at radius 2 is 1.43 bits per heavy atom. The Balaban J connectivity index is 1.52. The maximum atomic E-state index is 13.3. The molecule has 1 amide bonds. The van der Waals surface area contributed by atoms with E-state index in [1.54, 1.807) is 0 Å². The summed E-state index contributed by atoms with van der Waals surface area (Å²) in [7, 11) is 0. The molecule has 0 radical (unpaired) electrons. The van der Waals surface area contributed by atoms with Crippen LogP contribution in [0.2, 0.25) is 0 Å². The number of amides is 1. The molecule has 2 aliphatic rings. The molecule has 0 unspecified atom stereocenters. The molecule has 1 saturated heterocycles. The summed E-state index contributed by atoms with van der Waals surface area (Å²) in [5.41, 5.74) is -1.47. The first-order valence-corrected chi connectivity index (χ1v) is 11.8. The Bertz CT molecular complexity index is 1280. The first kappa shape index (κ1) is 25.0. The summed E-state index contributed by atoms with van der Waals surface area (Å²) in [6, 6.07) is 10.4. The van der Waals surface area contributed by atoms with E-state index < -0.39 is 35.0 Å². The van der Waals surface area contributed by atoms with Crippen LogP contribution >= 0.6 is 0 Å². The SMILES string of the molecule is O=C(c1cc(C(F)(F)F)cc(C(F)(F)F)c1)N1CCc2nc(-c3ccccc3)nc(N3CCCC3)c2C1. The summed E-state index contributed by atoms with van der Waals surface area (Å²) in [5, 5.41) is 0. The van der Waals surface area contributed by atoms with Gasteiger partial charge in [0.1, 0.15) is 5.82 Å². The van der Waals surface area contributed by atoms with E-state index in [2.05, 4.69) is 4.90 Å². The van der Waals surface area contributed by atoms with Crippen LogP contribution < -0.4 is 4.90 Å². The maximum absolute atomic E-state index is 13.3. The summed E-state index contributed by atoms with van der Waals surface area (Å²) < 4.78 is 80.0. The van der Waals surface area contributed by atoms with E-state index in [9.17, 15) is 31.1 Å². The molecule has 3 aromatic rings. The van der Waals surface area contributed by atoms with Gasteiger partial charge in [0.2, 0.25) is 0 Å². The summed E-state index contributed by atoms with van der Waals surface area (Å²) in [4.78, 5) is 26.1. The highest BCUT2D eigenvalue weighted by Crippen LogP contribution is 2.37. The van der Waals surface area contributed by atoms with Crippen LogP contribution in [-0.2, 0) is 25.3 Å². The van der Waals surface area contributed by atoms with Gasteiger partial charge in [0.15, 0.2) is 5.82 Å². The van der Waals surface area contributed by atoms with Crippen LogP contribution in [0.15, 0.2) is 48.5 Å². The number of halogens is 6. The van der Waals surface area contributed by atoms with Gasteiger partial charge in [-0.25, -0.2) is 9.97 Å². The highest BCUT2D eigenvalue weighted by molar-refractivity contribution is 5.95. The predicted octanol–water partition coefficient (Wildman–Crippen LogP) is 5.98. The number of aromatic nitrogens is 2. The fourth-order valence-electron chi connectivity index (χ4n) is 4.74. The van der Waals surface area contributed by atoms with Crippen molar-refractivity contribution in [2.45, 2.75) is 38.2 Å². The minimum absolute atomic E-state index is 0.00728. The lowest BCUT2D eigenvalue weighted by molar-refractivity contribution is -0.143. The van der Waals surface area contributed by atoms with E-state index in [0.29, 0.717) is 35.8 Å². The van der Waals surface area contributed by atoms with Crippen LogP contribution in [-0.4, -0.2) is 40.4 Å². The molecule has 0 N–H and O–H groups in total. The molecule has 11 heteroatoms. The Morgan fingerprint density at radius 3 is 2.03 bits per heavy atom. The van der Waals surface area contributed by atoms with Crippen molar-refractivity contribution in [3.63, 3.8) is 0 Å². The number of alkyl halides is 6. The highest BCUT2D eigenvalue weighted by Gasteiger charge is 2.38. The molecule has 0 saturated carbocycles. The molecular formula is C26H22F6N4O. The number of hydrogen-bond acceptors (Lipinski definition) is 4. The van der Waals surface area contributed by atoms with Gasteiger partial charge in [-0.05, 0) is 31.0 Å². The number of nitrogens with zero attached hydrogens (tertiary/aromatic N) is 4. The zero-order valence-corrected chi connectivity index (χ0v) is 19.5. The Morgan fingerprint density at radius 1 is 0.811 bits per heavy atom. The molecule has 5 nitrogen and oxygen atoms in total. The van der Waals surface area contributed by atoms with Crippen molar-refractivity contribution in [1.82, 2.24) is 14.9 Å². The third-order valence-corrected chi connectivity index (χ3v) is 6.60. The molecule has 0 aliphatic carbocycles. The van der Waals surface area contributed by atoms with Crippen molar-refractivity contribution in [3.8, 4) is 11.4 Å². The topological polar surface area (TPSA) is 49.3 Å². The van der Waals surface area contributed by atoms with E-state index in [-0.39, 0.29) is 19.2 Å². The predicted molar refractivity (Wildman–Crippen MR) is 124 cm³/mol. The molecular weight excluding hydrogens is 498 g/mol. The molecule has 0 atom stereocenters. The van der Waals surface area contributed by atoms with Gasteiger partial charge < -0.3 is 9.80 Å². The average Bonchev–Trinajstić information content (AvgIpc) is 3.41. The minimum atomic E-state index is -5.03. The number of rotatable bonds is 3. The van der Waals surface area contributed by atoms with Crippen LogP contribution in [0.25, 0.3) is 11.4 Å². The monoisotopic (exact) mass is 520 g/mol. The van der Waals surface area contributed by atoms with E-state index in [1.165, 1.54) is 4.90 Å². The Hall–Kier alpha value is -3.63. The lowest BCUT2D eigenvalue weighted by Crippen LogP contribution is -2.38. The van der Waals surface area contributed by atoms with Crippen LogP contribution in [0.5, 0.6) is 0 Å². The number of anilines is 1. The lowest BCUT2D eigenvalue weighted by Gasteiger charge is -2.32. The molecule has 0 bridgehead atoms. The fraction of sp³-hybridized carbons (Fsp3) is 0.346. The van der Waals surface area contributed by atoms with Gasteiger partial charge >= 0.3 is 12.4 Å². The Labute approximate surface area is 208 Å². The molecule has 0 spiro atoms. The smallest absolute Gasteiger partial charge is 0.356 e. The summed E-state index contributed by atoms with van der Waals surface area (Å²) in [6.07, 6.45) is -7.83. The van der Waals surface area contributed by atoms with E-state index >= 15 is 0 Å². The van der Waals surface area contributed by atoms with Gasteiger partial charge in [-0.3, -0.25) is 4.79 Å². The van der Waals surface area contributed by atoms with Crippen molar-refractivity contribution in [2.75, 3.05) is 24.5 Å². The van der Waals surface area contributed by atoms with Gasteiger partial charge in [0.25, 0.3) is 5.91 Å². The van der Waals surface area contributed by atoms with Gasteiger partial charge in [-0.15, -0.1) is 0 Å². The third kappa shape index (κ3) is 5.12. The lowest BCUT2D eigenvalue weighted by atomic mass is 10.0. The van der Waals surface area contributed by atoms with E-state index in [4.69, 9.17) is 9.97 Å². The van der Waals surface area contributed by atoms with Gasteiger partial charge in [0.05, 0.1) is 23.4 Å². The number of carbonyl (C=O) groups excluding carboxylic acids is 1. The number of fused-ring (bicyclic) bond motifs is 1. The second-order valence-electron chi connectivity index (χ2n) is 9.13. The second kappa shape index (κ2) is 9.35. The molecule has 37 heavy (non-hydrogen) atoms. The second-order valence-corrected chi connectivity index (χ2v) is 9.13. The average molecular weight is 520 g/mol. The fourth-order valence-corrected chi connectivity index (χ4v) is 4.74. The molecule has 194 valence electrons. The van der Waals surface area contributed by atoms with Gasteiger partial charge in [-0.2, -0.15) is 26.3 Å². The largest absolute Gasteiger partial charge is 0.416 e. The molecule has 1 fully saturated rings. The summed E-state index contributed by atoms with van der Waals surface area (Å²) >= 11 is 0. The number of benzene rings is 2. The van der Waals surface area contributed by atoms with Crippen molar-refractivity contribution < 1.29 is 31.1 Å². The number of hydrogen-bond donors (Lipinski definition) is 0. The highest BCUT2D eigenvalue weighted by atomic mass is 19.4. The molecule has 2 aromatic carbocycles. The zero-order chi connectivity index (χ0) is 26.4. The van der Waals surface area contributed by atoms with Crippen LogP contribution in [0.1, 0.15) is 45.6 Å². The summed E-state index contributed by atoms with van der Waals surface area (Å²) in [6.45, 7) is 1.61. The van der Waals surface area contributed by atoms with E-state index in [0.717, 1.165) is 37.2 Å². The zero-order valence-electron chi connectivity index (χ0n) is 19.5. The molecule has 5 rings (SSSR count). The molecule has 3 heterocycles. The van der Waals surface area contributed by atoms with E-state index in [1.807, 2.05) is 30.3 Å². The van der Waals surface area contributed by atoms with Crippen molar-refractivity contribution >= 4 is 11.7 Å². The van der Waals surface area contributed by atoms with Crippen LogP contribution in [0.4, 0.5) is 32.2 Å².